The van der Waals surface area contributed by atoms with Gasteiger partial charge in [0.1, 0.15) is 11.1 Å². The summed E-state index contributed by atoms with van der Waals surface area (Å²) < 4.78 is 1.82. The van der Waals surface area contributed by atoms with Crippen LogP contribution in [0.25, 0.3) is 0 Å². The van der Waals surface area contributed by atoms with Crippen LogP contribution in [0.2, 0.25) is 0 Å². The number of halogens is 1. The van der Waals surface area contributed by atoms with E-state index in [1.165, 1.54) is 0 Å². The zero-order valence-corrected chi connectivity index (χ0v) is 9.30. The molecule has 0 amide bonds. The van der Waals surface area contributed by atoms with Gasteiger partial charge in [0, 0.05) is 0 Å². The van der Waals surface area contributed by atoms with Crippen LogP contribution in [0.5, 0.6) is 0 Å². The summed E-state index contributed by atoms with van der Waals surface area (Å²) in [5.41, 5.74) is 1.12. The first-order valence-corrected chi connectivity index (χ1v) is 4.68. The highest BCUT2D eigenvalue weighted by atomic mass is 79.9. The van der Waals surface area contributed by atoms with E-state index in [0.717, 1.165) is 21.3 Å². The SMILES string of the molecule is C[N+](C)(C)Cc1cccc(Br)n1. The van der Waals surface area contributed by atoms with Gasteiger partial charge in [0.15, 0.2) is 0 Å². The topological polar surface area (TPSA) is 12.9 Å². The molecule has 0 N–H and O–H groups in total. The lowest BCUT2D eigenvalue weighted by Gasteiger charge is -2.23. The van der Waals surface area contributed by atoms with Crippen molar-refractivity contribution in [3.8, 4) is 0 Å². The lowest BCUT2D eigenvalue weighted by Crippen LogP contribution is -2.33. The summed E-state index contributed by atoms with van der Waals surface area (Å²) in [6, 6.07) is 6.01. The second-order valence-electron chi connectivity index (χ2n) is 3.90. The quantitative estimate of drug-likeness (QED) is 0.559. The first kappa shape index (κ1) is 9.68. The standard InChI is InChI=1S/C9H14BrN2/c1-12(2,3)7-8-5-4-6-9(10)11-8/h4-6H,7H2,1-3H3/q+1. The molecule has 2 nitrogen and oxygen atoms in total. The van der Waals surface area contributed by atoms with E-state index in [1.807, 2.05) is 18.2 Å². The molecule has 0 aliphatic carbocycles. The van der Waals surface area contributed by atoms with E-state index in [9.17, 15) is 0 Å². The predicted molar refractivity (Wildman–Crippen MR) is 53.7 cm³/mol. The summed E-state index contributed by atoms with van der Waals surface area (Å²) in [6.07, 6.45) is 0. The van der Waals surface area contributed by atoms with E-state index >= 15 is 0 Å². The first-order valence-electron chi connectivity index (χ1n) is 3.89. The Bertz CT molecular complexity index is 265. The van der Waals surface area contributed by atoms with Crippen LogP contribution in [0.3, 0.4) is 0 Å². The van der Waals surface area contributed by atoms with Gasteiger partial charge in [0.25, 0.3) is 0 Å². The Labute approximate surface area is 81.9 Å². The minimum Gasteiger partial charge on any atom is -0.326 e. The highest BCUT2D eigenvalue weighted by Gasteiger charge is 2.08. The van der Waals surface area contributed by atoms with Crippen molar-refractivity contribution in [3.05, 3.63) is 28.5 Å². The number of quaternary nitrogens is 1. The summed E-state index contributed by atoms with van der Waals surface area (Å²) in [4.78, 5) is 4.36. The number of aromatic nitrogens is 1. The third-order valence-corrected chi connectivity index (χ3v) is 1.85. The van der Waals surface area contributed by atoms with E-state index in [-0.39, 0.29) is 0 Å². The Kier molecular flexibility index (Phi) is 2.85. The second-order valence-corrected chi connectivity index (χ2v) is 4.71. The van der Waals surface area contributed by atoms with Crippen molar-refractivity contribution >= 4 is 15.9 Å². The Morgan fingerprint density at radius 2 is 2.00 bits per heavy atom. The summed E-state index contributed by atoms with van der Waals surface area (Å²) >= 11 is 3.35. The largest absolute Gasteiger partial charge is 0.326 e. The average Bonchev–Trinajstić information content (AvgIpc) is 1.82. The molecule has 1 heterocycles. The van der Waals surface area contributed by atoms with Crippen LogP contribution in [-0.4, -0.2) is 30.6 Å². The van der Waals surface area contributed by atoms with E-state index < -0.39 is 0 Å². The lowest BCUT2D eigenvalue weighted by molar-refractivity contribution is -0.884. The van der Waals surface area contributed by atoms with Crippen LogP contribution in [0.15, 0.2) is 22.8 Å². The monoisotopic (exact) mass is 229 g/mol. The molecule has 0 aromatic carbocycles. The number of hydrogen-bond acceptors (Lipinski definition) is 1. The molecule has 66 valence electrons. The number of nitrogens with zero attached hydrogens (tertiary/aromatic N) is 2. The maximum atomic E-state index is 4.36. The van der Waals surface area contributed by atoms with Crippen LogP contribution in [0.1, 0.15) is 5.69 Å². The highest BCUT2D eigenvalue weighted by molar-refractivity contribution is 9.10. The van der Waals surface area contributed by atoms with E-state index in [0.29, 0.717) is 0 Å². The molecule has 3 heteroatoms. The smallest absolute Gasteiger partial charge is 0.121 e. The Morgan fingerprint density at radius 3 is 2.50 bits per heavy atom. The van der Waals surface area contributed by atoms with Gasteiger partial charge in [-0.05, 0) is 28.1 Å². The third-order valence-electron chi connectivity index (χ3n) is 1.41. The number of rotatable bonds is 2. The van der Waals surface area contributed by atoms with Crippen LogP contribution >= 0.6 is 15.9 Å². The summed E-state index contributed by atoms with van der Waals surface area (Å²) in [5.74, 6) is 0. The van der Waals surface area contributed by atoms with Crippen LogP contribution in [0.4, 0.5) is 0 Å². The van der Waals surface area contributed by atoms with Gasteiger partial charge >= 0.3 is 0 Å². The molecule has 0 bridgehead atoms. The van der Waals surface area contributed by atoms with Crippen molar-refractivity contribution in [2.45, 2.75) is 6.54 Å². The Hall–Kier alpha value is -0.410. The van der Waals surface area contributed by atoms with Gasteiger partial charge in [0.2, 0.25) is 0 Å². The molecule has 0 fully saturated rings. The highest BCUT2D eigenvalue weighted by Crippen LogP contribution is 2.09. The van der Waals surface area contributed by atoms with Crippen molar-refractivity contribution < 1.29 is 4.48 Å². The molecular formula is C9H14BrN2+. The number of hydrogen-bond donors (Lipinski definition) is 0. The molecule has 1 rings (SSSR count). The molecule has 0 radical (unpaired) electrons. The Morgan fingerprint density at radius 1 is 1.33 bits per heavy atom. The molecular weight excluding hydrogens is 216 g/mol. The van der Waals surface area contributed by atoms with Gasteiger partial charge in [-0.25, -0.2) is 4.98 Å². The summed E-state index contributed by atoms with van der Waals surface area (Å²) in [5, 5.41) is 0. The zero-order valence-electron chi connectivity index (χ0n) is 7.71. The number of pyridine rings is 1. The molecule has 0 atom stereocenters. The van der Waals surface area contributed by atoms with Crippen molar-refractivity contribution in [3.63, 3.8) is 0 Å². The van der Waals surface area contributed by atoms with Gasteiger partial charge < -0.3 is 4.48 Å². The molecule has 0 aliphatic rings. The maximum Gasteiger partial charge on any atom is 0.121 e. The van der Waals surface area contributed by atoms with Crippen molar-refractivity contribution in [2.24, 2.45) is 0 Å². The summed E-state index contributed by atoms with van der Waals surface area (Å²) in [7, 11) is 6.47. The van der Waals surface area contributed by atoms with Crippen LogP contribution < -0.4 is 0 Å². The first-order chi connectivity index (χ1) is 5.47. The molecule has 0 saturated carbocycles. The fourth-order valence-electron chi connectivity index (χ4n) is 1.02. The van der Waals surface area contributed by atoms with E-state index in [4.69, 9.17) is 0 Å². The molecule has 0 unspecified atom stereocenters. The molecule has 12 heavy (non-hydrogen) atoms. The fraction of sp³-hybridized carbons (Fsp3) is 0.444. The minimum atomic E-state index is 0.906. The normalized spacial score (nSPS) is 11.7. The van der Waals surface area contributed by atoms with E-state index in [1.54, 1.807) is 0 Å². The van der Waals surface area contributed by atoms with Crippen molar-refractivity contribution in [1.82, 2.24) is 4.98 Å². The van der Waals surface area contributed by atoms with Gasteiger partial charge in [-0.15, -0.1) is 0 Å². The minimum absolute atomic E-state index is 0.906. The second kappa shape index (κ2) is 3.54. The zero-order chi connectivity index (χ0) is 9.19. The van der Waals surface area contributed by atoms with Crippen molar-refractivity contribution in [1.29, 1.82) is 0 Å². The Balaban J connectivity index is 2.77. The third kappa shape index (κ3) is 3.32. The molecule has 1 aromatic heterocycles. The molecule has 1 aromatic rings. The summed E-state index contributed by atoms with van der Waals surface area (Å²) in [6.45, 7) is 0.958. The van der Waals surface area contributed by atoms with Gasteiger partial charge in [0.05, 0.1) is 26.8 Å². The van der Waals surface area contributed by atoms with Gasteiger partial charge in [-0.1, -0.05) is 6.07 Å². The molecule has 0 spiro atoms. The fourth-order valence-corrected chi connectivity index (χ4v) is 1.40. The van der Waals surface area contributed by atoms with Gasteiger partial charge in [-0.3, -0.25) is 0 Å². The van der Waals surface area contributed by atoms with Crippen molar-refractivity contribution in [2.75, 3.05) is 21.1 Å². The lowest BCUT2D eigenvalue weighted by atomic mass is 10.3. The average molecular weight is 230 g/mol. The predicted octanol–water partition coefficient (Wildman–Crippen LogP) is 2.05. The van der Waals surface area contributed by atoms with Crippen LogP contribution in [0, 0.1) is 0 Å². The molecule has 0 aliphatic heterocycles. The van der Waals surface area contributed by atoms with E-state index in [2.05, 4.69) is 42.1 Å². The maximum absolute atomic E-state index is 4.36. The van der Waals surface area contributed by atoms with Crippen LogP contribution in [-0.2, 0) is 6.54 Å². The molecule has 0 saturated heterocycles. The van der Waals surface area contributed by atoms with Gasteiger partial charge in [-0.2, -0.15) is 0 Å².